The zero-order valence-corrected chi connectivity index (χ0v) is 10.4. The van der Waals surface area contributed by atoms with Crippen molar-refractivity contribution >= 4 is 27.4 Å². The number of aryl methyl sites for hydroxylation is 1. The number of carboxylic acids is 1. The summed E-state index contributed by atoms with van der Waals surface area (Å²) in [5.74, 6) is -0.793. The zero-order chi connectivity index (χ0) is 11.9. The van der Waals surface area contributed by atoms with Gasteiger partial charge in [0.2, 0.25) is 0 Å². The molecule has 16 heavy (non-hydrogen) atoms. The molecule has 0 atom stereocenters. The second-order valence-electron chi connectivity index (χ2n) is 4.54. The predicted octanol–water partition coefficient (Wildman–Crippen LogP) is 3.57. The Kier molecular flexibility index (Phi) is 2.50. The van der Waals surface area contributed by atoms with E-state index in [4.69, 9.17) is 0 Å². The lowest BCUT2D eigenvalue weighted by atomic mass is 9.84. The molecule has 1 N–H and O–H groups in total. The molecule has 2 aromatic rings. The van der Waals surface area contributed by atoms with Crippen LogP contribution in [0.25, 0.3) is 10.1 Å². The summed E-state index contributed by atoms with van der Waals surface area (Å²) in [6.45, 7) is 5.53. The molecular weight excluding hydrogens is 220 g/mol. The van der Waals surface area contributed by atoms with Crippen molar-refractivity contribution in [3.05, 3.63) is 34.7 Å². The summed E-state index contributed by atoms with van der Waals surface area (Å²) in [5.41, 5.74) is 0.0228. The highest BCUT2D eigenvalue weighted by atomic mass is 32.1. The van der Waals surface area contributed by atoms with Crippen molar-refractivity contribution in [3.8, 4) is 0 Å². The van der Waals surface area contributed by atoms with Crippen molar-refractivity contribution in [2.45, 2.75) is 26.2 Å². The van der Waals surface area contributed by atoms with Crippen LogP contribution in [0, 0.1) is 6.92 Å². The lowest BCUT2D eigenvalue weighted by Crippen LogP contribution is -2.28. The fourth-order valence-electron chi connectivity index (χ4n) is 1.69. The van der Waals surface area contributed by atoms with Gasteiger partial charge in [-0.1, -0.05) is 6.07 Å². The Morgan fingerprint density at radius 2 is 2.00 bits per heavy atom. The molecule has 0 unspecified atom stereocenters. The summed E-state index contributed by atoms with van der Waals surface area (Å²) < 4.78 is 1.21. The summed E-state index contributed by atoms with van der Waals surface area (Å²) in [7, 11) is 0. The van der Waals surface area contributed by atoms with E-state index in [1.54, 1.807) is 25.2 Å². The molecule has 0 amide bonds. The average molecular weight is 234 g/mol. The van der Waals surface area contributed by atoms with Crippen molar-refractivity contribution in [2.75, 3.05) is 0 Å². The number of rotatable bonds is 2. The minimum atomic E-state index is -0.829. The Morgan fingerprint density at radius 1 is 1.31 bits per heavy atom. The number of aliphatic carboxylic acids is 1. The molecule has 1 heterocycles. The number of thiophene rings is 1. The van der Waals surface area contributed by atoms with E-state index in [9.17, 15) is 9.90 Å². The standard InChI is InChI=1S/C13H14O2S/c1-8-6-9-7-10(4-5-11(9)16-8)13(2,3)12(14)15/h4-7H,1-3H3,(H,14,15). The molecule has 1 aromatic heterocycles. The topological polar surface area (TPSA) is 37.3 Å². The Bertz CT molecular complexity index is 552. The van der Waals surface area contributed by atoms with Crippen molar-refractivity contribution in [3.63, 3.8) is 0 Å². The number of benzene rings is 1. The van der Waals surface area contributed by atoms with E-state index in [-0.39, 0.29) is 0 Å². The van der Waals surface area contributed by atoms with Gasteiger partial charge in [0.05, 0.1) is 5.41 Å². The van der Waals surface area contributed by atoms with E-state index in [1.165, 1.54) is 9.58 Å². The van der Waals surface area contributed by atoms with Crippen molar-refractivity contribution in [2.24, 2.45) is 0 Å². The molecule has 0 saturated carbocycles. The normalized spacial score (nSPS) is 11.9. The van der Waals surface area contributed by atoms with Crippen molar-refractivity contribution in [1.29, 1.82) is 0 Å². The highest BCUT2D eigenvalue weighted by molar-refractivity contribution is 7.19. The second-order valence-corrected chi connectivity index (χ2v) is 5.83. The molecular formula is C13H14O2S. The lowest BCUT2D eigenvalue weighted by molar-refractivity contribution is -0.142. The summed E-state index contributed by atoms with van der Waals surface area (Å²) in [6.07, 6.45) is 0. The third-order valence-electron chi connectivity index (χ3n) is 2.90. The van der Waals surface area contributed by atoms with Gasteiger partial charge in [0, 0.05) is 9.58 Å². The first kappa shape index (κ1) is 11.1. The molecule has 1 aromatic carbocycles. The van der Waals surface area contributed by atoms with Gasteiger partial charge in [-0.25, -0.2) is 0 Å². The third kappa shape index (κ3) is 1.71. The van der Waals surface area contributed by atoms with Crippen LogP contribution in [-0.4, -0.2) is 11.1 Å². The maximum absolute atomic E-state index is 11.2. The third-order valence-corrected chi connectivity index (χ3v) is 3.93. The Hall–Kier alpha value is -1.35. The lowest BCUT2D eigenvalue weighted by Gasteiger charge is -2.19. The average Bonchev–Trinajstić information content (AvgIpc) is 2.56. The van der Waals surface area contributed by atoms with Crippen LogP contribution >= 0.6 is 11.3 Å². The first-order valence-electron chi connectivity index (χ1n) is 5.15. The molecule has 0 aliphatic heterocycles. The van der Waals surface area contributed by atoms with Crippen molar-refractivity contribution in [1.82, 2.24) is 0 Å². The van der Waals surface area contributed by atoms with Crippen LogP contribution in [0.4, 0.5) is 0 Å². The van der Waals surface area contributed by atoms with Gasteiger partial charge in [-0.15, -0.1) is 11.3 Å². The molecule has 0 radical (unpaired) electrons. The van der Waals surface area contributed by atoms with Gasteiger partial charge in [0.1, 0.15) is 0 Å². The Balaban J connectivity index is 2.58. The van der Waals surface area contributed by atoms with Crippen LogP contribution in [0.1, 0.15) is 24.3 Å². The van der Waals surface area contributed by atoms with E-state index < -0.39 is 11.4 Å². The molecule has 3 heteroatoms. The van der Waals surface area contributed by atoms with Gasteiger partial charge in [-0.05, 0) is 49.9 Å². The minimum Gasteiger partial charge on any atom is -0.481 e. The molecule has 0 fully saturated rings. The number of carboxylic acid groups (broad SMARTS) is 1. The van der Waals surface area contributed by atoms with E-state index in [2.05, 4.69) is 13.0 Å². The van der Waals surface area contributed by atoms with Crippen LogP contribution in [0.5, 0.6) is 0 Å². The molecule has 0 spiro atoms. The molecule has 0 aliphatic carbocycles. The quantitative estimate of drug-likeness (QED) is 0.862. The fourth-order valence-corrected chi connectivity index (χ4v) is 2.59. The van der Waals surface area contributed by atoms with Crippen LogP contribution in [-0.2, 0) is 10.2 Å². The number of hydrogen-bond acceptors (Lipinski definition) is 2. The maximum atomic E-state index is 11.2. The highest BCUT2D eigenvalue weighted by Gasteiger charge is 2.29. The van der Waals surface area contributed by atoms with Crippen LogP contribution < -0.4 is 0 Å². The van der Waals surface area contributed by atoms with Gasteiger partial charge in [0.25, 0.3) is 0 Å². The van der Waals surface area contributed by atoms with Gasteiger partial charge in [-0.3, -0.25) is 4.79 Å². The summed E-state index contributed by atoms with van der Waals surface area (Å²) in [4.78, 5) is 12.4. The SMILES string of the molecule is Cc1cc2cc(C(C)(C)C(=O)O)ccc2s1. The summed E-state index contributed by atoms with van der Waals surface area (Å²) >= 11 is 1.73. The fraction of sp³-hybridized carbons (Fsp3) is 0.308. The zero-order valence-electron chi connectivity index (χ0n) is 9.57. The van der Waals surface area contributed by atoms with Crippen LogP contribution in [0.3, 0.4) is 0 Å². The summed E-state index contributed by atoms with van der Waals surface area (Å²) in [5, 5.41) is 10.3. The predicted molar refractivity (Wildman–Crippen MR) is 67.2 cm³/mol. The molecule has 0 saturated heterocycles. The van der Waals surface area contributed by atoms with Gasteiger partial charge < -0.3 is 5.11 Å². The van der Waals surface area contributed by atoms with Gasteiger partial charge in [-0.2, -0.15) is 0 Å². The Labute approximate surface area is 98.5 Å². The molecule has 2 rings (SSSR count). The molecule has 0 aliphatic rings. The van der Waals surface area contributed by atoms with Crippen molar-refractivity contribution < 1.29 is 9.90 Å². The van der Waals surface area contributed by atoms with Crippen LogP contribution in [0.15, 0.2) is 24.3 Å². The van der Waals surface area contributed by atoms with E-state index in [0.29, 0.717) is 0 Å². The highest BCUT2D eigenvalue weighted by Crippen LogP contribution is 2.30. The largest absolute Gasteiger partial charge is 0.481 e. The number of fused-ring (bicyclic) bond motifs is 1. The van der Waals surface area contributed by atoms with Crippen LogP contribution in [0.2, 0.25) is 0 Å². The summed E-state index contributed by atoms with van der Waals surface area (Å²) in [6, 6.07) is 7.99. The molecule has 2 nitrogen and oxygen atoms in total. The molecule has 0 bridgehead atoms. The maximum Gasteiger partial charge on any atom is 0.313 e. The minimum absolute atomic E-state index is 0.793. The Morgan fingerprint density at radius 3 is 2.62 bits per heavy atom. The monoisotopic (exact) mass is 234 g/mol. The molecule has 84 valence electrons. The number of carbonyl (C=O) groups is 1. The smallest absolute Gasteiger partial charge is 0.313 e. The van der Waals surface area contributed by atoms with E-state index in [1.807, 2.05) is 18.2 Å². The van der Waals surface area contributed by atoms with E-state index >= 15 is 0 Å². The second kappa shape index (κ2) is 3.59. The first-order chi connectivity index (χ1) is 7.41. The first-order valence-corrected chi connectivity index (χ1v) is 5.97. The van der Waals surface area contributed by atoms with E-state index in [0.717, 1.165) is 10.9 Å². The van der Waals surface area contributed by atoms with Gasteiger partial charge >= 0.3 is 5.97 Å². The number of hydrogen-bond donors (Lipinski definition) is 1. The van der Waals surface area contributed by atoms with Gasteiger partial charge in [0.15, 0.2) is 0 Å².